The number of aromatic nitrogens is 1. The Morgan fingerprint density at radius 1 is 1.17 bits per heavy atom. The van der Waals surface area contributed by atoms with Crippen LogP contribution in [0.3, 0.4) is 0 Å². The monoisotopic (exact) mass is 413 g/mol. The zero-order chi connectivity index (χ0) is 21.7. The van der Waals surface area contributed by atoms with Gasteiger partial charge in [0.15, 0.2) is 0 Å². The summed E-state index contributed by atoms with van der Waals surface area (Å²) in [5.41, 5.74) is 1.31. The smallest absolute Gasteiger partial charge is 0.410 e. The van der Waals surface area contributed by atoms with Gasteiger partial charge < -0.3 is 15.0 Å². The number of benzene rings is 1. The SMILES string of the molecule is CC(C)(C)OC(=O)N1CCN(Cc2ccc(Nc3ncccc3[N+](=O)[O-])cc2)CC1. The van der Waals surface area contributed by atoms with Crippen molar-refractivity contribution in [3.05, 3.63) is 58.3 Å². The summed E-state index contributed by atoms with van der Waals surface area (Å²) in [7, 11) is 0. The molecule has 1 fully saturated rings. The molecule has 2 aromatic rings. The van der Waals surface area contributed by atoms with E-state index in [0.29, 0.717) is 13.1 Å². The number of pyridine rings is 1. The first-order valence-electron chi connectivity index (χ1n) is 9.87. The first-order chi connectivity index (χ1) is 14.2. The molecule has 1 aromatic heterocycles. The zero-order valence-corrected chi connectivity index (χ0v) is 17.5. The van der Waals surface area contributed by atoms with Gasteiger partial charge >= 0.3 is 11.8 Å². The molecule has 30 heavy (non-hydrogen) atoms. The molecule has 0 spiro atoms. The van der Waals surface area contributed by atoms with Crippen molar-refractivity contribution in [2.24, 2.45) is 0 Å². The second-order valence-electron chi connectivity index (χ2n) is 8.19. The summed E-state index contributed by atoms with van der Waals surface area (Å²) in [5.74, 6) is 0.216. The lowest BCUT2D eigenvalue weighted by atomic mass is 10.1. The van der Waals surface area contributed by atoms with E-state index in [9.17, 15) is 14.9 Å². The van der Waals surface area contributed by atoms with Gasteiger partial charge in [0.25, 0.3) is 0 Å². The molecule has 0 radical (unpaired) electrons. The second-order valence-corrected chi connectivity index (χ2v) is 8.19. The van der Waals surface area contributed by atoms with Crippen LogP contribution in [0.15, 0.2) is 42.6 Å². The molecule has 3 rings (SSSR count). The topological polar surface area (TPSA) is 101 Å². The number of amides is 1. The van der Waals surface area contributed by atoms with Gasteiger partial charge in [0, 0.05) is 50.7 Å². The third kappa shape index (κ3) is 5.90. The van der Waals surface area contributed by atoms with E-state index < -0.39 is 10.5 Å². The van der Waals surface area contributed by atoms with Gasteiger partial charge in [0.2, 0.25) is 5.82 Å². The van der Waals surface area contributed by atoms with Gasteiger partial charge in [-0.05, 0) is 44.5 Å². The highest BCUT2D eigenvalue weighted by molar-refractivity contribution is 5.68. The molecule has 0 aliphatic carbocycles. The number of piperazine rings is 1. The van der Waals surface area contributed by atoms with Gasteiger partial charge in [0.1, 0.15) is 5.60 Å². The average Bonchev–Trinajstić information content (AvgIpc) is 2.69. The summed E-state index contributed by atoms with van der Waals surface area (Å²) < 4.78 is 5.43. The number of hydrogen-bond donors (Lipinski definition) is 1. The number of rotatable bonds is 5. The van der Waals surface area contributed by atoms with Gasteiger partial charge in [-0.2, -0.15) is 0 Å². The third-order valence-electron chi connectivity index (χ3n) is 4.63. The Morgan fingerprint density at radius 2 is 1.83 bits per heavy atom. The van der Waals surface area contributed by atoms with Gasteiger partial charge in [-0.25, -0.2) is 9.78 Å². The number of nitro groups is 1. The van der Waals surface area contributed by atoms with E-state index in [1.807, 2.05) is 45.0 Å². The van der Waals surface area contributed by atoms with Crippen LogP contribution in [0.1, 0.15) is 26.3 Å². The van der Waals surface area contributed by atoms with E-state index in [-0.39, 0.29) is 17.6 Å². The molecule has 1 N–H and O–H groups in total. The van der Waals surface area contributed by atoms with E-state index in [1.165, 1.54) is 18.3 Å². The van der Waals surface area contributed by atoms with Crippen LogP contribution in [0.2, 0.25) is 0 Å². The maximum absolute atomic E-state index is 12.2. The fraction of sp³-hybridized carbons (Fsp3) is 0.429. The molecule has 1 saturated heterocycles. The maximum atomic E-state index is 12.2. The molecule has 1 aliphatic rings. The number of carbonyl (C=O) groups excluding carboxylic acids is 1. The highest BCUT2D eigenvalue weighted by Gasteiger charge is 2.25. The first kappa shape index (κ1) is 21.5. The predicted octanol–water partition coefficient (Wildman–Crippen LogP) is 3.79. The molecule has 2 heterocycles. The molecule has 9 heteroatoms. The molecular formula is C21H27N5O4. The van der Waals surface area contributed by atoms with Crippen LogP contribution >= 0.6 is 0 Å². The highest BCUT2D eigenvalue weighted by Crippen LogP contribution is 2.25. The Balaban J connectivity index is 1.52. The van der Waals surface area contributed by atoms with Crippen molar-refractivity contribution in [1.29, 1.82) is 0 Å². The van der Waals surface area contributed by atoms with Crippen molar-refractivity contribution < 1.29 is 14.5 Å². The third-order valence-corrected chi connectivity index (χ3v) is 4.63. The number of carbonyl (C=O) groups is 1. The molecule has 0 unspecified atom stereocenters. The molecule has 1 aromatic carbocycles. The lowest BCUT2D eigenvalue weighted by Crippen LogP contribution is -2.49. The Labute approximate surface area is 175 Å². The minimum atomic E-state index is -0.486. The van der Waals surface area contributed by atoms with Gasteiger partial charge in [0.05, 0.1) is 4.92 Å². The van der Waals surface area contributed by atoms with Crippen molar-refractivity contribution in [3.8, 4) is 0 Å². The van der Waals surface area contributed by atoms with E-state index in [1.54, 1.807) is 4.90 Å². The van der Waals surface area contributed by atoms with Crippen LogP contribution in [-0.4, -0.2) is 57.6 Å². The van der Waals surface area contributed by atoms with Crippen molar-refractivity contribution in [2.75, 3.05) is 31.5 Å². The van der Waals surface area contributed by atoms with Crippen LogP contribution in [0.5, 0.6) is 0 Å². The average molecular weight is 413 g/mol. The molecule has 160 valence electrons. The molecule has 9 nitrogen and oxygen atoms in total. The summed E-state index contributed by atoms with van der Waals surface area (Å²) in [6.07, 6.45) is 1.25. The molecule has 1 aliphatic heterocycles. The van der Waals surface area contributed by atoms with Crippen LogP contribution in [-0.2, 0) is 11.3 Å². The summed E-state index contributed by atoms with van der Waals surface area (Å²) in [5, 5.41) is 14.1. The number of anilines is 2. The quantitative estimate of drug-likeness (QED) is 0.588. The minimum Gasteiger partial charge on any atom is -0.444 e. The van der Waals surface area contributed by atoms with Crippen molar-refractivity contribution >= 4 is 23.3 Å². The summed E-state index contributed by atoms with van der Waals surface area (Å²) >= 11 is 0. The molecule has 1 amide bonds. The minimum absolute atomic E-state index is 0.0653. The van der Waals surface area contributed by atoms with Gasteiger partial charge in [-0.3, -0.25) is 15.0 Å². The number of ether oxygens (including phenoxy) is 1. The van der Waals surface area contributed by atoms with Crippen LogP contribution in [0.25, 0.3) is 0 Å². The molecule has 0 bridgehead atoms. The van der Waals surface area contributed by atoms with Crippen LogP contribution < -0.4 is 5.32 Å². The number of nitrogens with one attached hydrogen (secondary N) is 1. The Bertz CT molecular complexity index is 887. The van der Waals surface area contributed by atoms with Crippen LogP contribution in [0, 0.1) is 10.1 Å². The van der Waals surface area contributed by atoms with E-state index in [0.717, 1.165) is 30.9 Å². The second kappa shape index (κ2) is 9.08. The van der Waals surface area contributed by atoms with Gasteiger partial charge in [-0.1, -0.05) is 12.1 Å². The first-order valence-corrected chi connectivity index (χ1v) is 9.87. The Hall–Kier alpha value is -3.20. The number of nitrogens with zero attached hydrogens (tertiary/aromatic N) is 4. The van der Waals surface area contributed by atoms with Gasteiger partial charge in [-0.15, -0.1) is 0 Å². The van der Waals surface area contributed by atoms with Crippen molar-refractivity contribution in [3.63, 3.8) is 0 Å². The normalized spacial score (nSPS) is 15.0. The molecular weight excluding hydrogens is 386 g/mol. The number of hydrogen-bond acceptors (Lipinski definition) is 7. The zero-order valence-electron chi connectivity index (χ0n) is 17.5. The maximum Gasteiger partial charge on any atom is 0.410 e. The fourth-order valence-corrected chi connectivity index (χ4v) is 3.14. The standard InChI is InChI=1S/C21H27N5O4/c1-21(2,3)30-20(27)25-13-11-24(12-14-25)15-16-6-8-17(9-7-16)23-19-18(26(28)29)5-4-10-22-19/h4-10H,11-15H2,1-3H3,(H,22,23). The summed E-state index contributed by atoms with van der Waals surface area (Å²) in [4.78, 5) is 30.9. The fourth-order valence-electron chi connectivity index (χ4n) is 3.14. The summed E-state index contributed by atoms with van der Waals surface area (Å²) in [6, 6.07) is 10.7. The highest BCUT2D eigenvalue weighted by atomic mass is 16.6. The van der Waals surface area contributed by atoms with E-state index in [2.05, 4.69) is 15.2 Å². The lowest BCUT2D eigenvalue weighted by Gasteiger charge is -2.35. The van der Waals surface area contributed by atoms with Crippen molar-refractivity contribution in [1.82, 2.24) is 14.8 Å². The van der Waals surface area contributed by atoms with Crippen molar-refractivity contribution in [2.45, 2.75) is 32.9 Å². The van der Waals surface area contributed by atoms with E-state index in [4.69, 9.17) is 4.74 Å². The Morgan fingerprint density at radius 3 is 2.43 bits per heavy atom. The molecule has 0 atom stereocenters. The summed E-state index contributed by atoms with van der Waals surface area (Å²) in [6.45, 7) is 9.20. The van der Waals surface area contributed by atoms with Crippen LogP contribution in [0.4, 0.5) is 22.0 Å². The Kier molecular flexibility index (Phi) is 6.51. The van der Waals surface area contributed by atoms with E-state index >= 15 is 0 Å². The lowest BCUT2D eigenvalue weighted by molar-refractivity contribution is -0.384. The largest absolute Gasteiger partial charge is 0.444 e. The predicted molar refractivity (Wildman–Crippen MR) is 114 cm³/mol. The molecule has 0 saturated carbocycles.